The summed E-state index contributed by atoms with van der Waals surface area (Å²) in [5.41, 5.74) is -2.70. The van der Waals surface area contributed by atoms with E-state index in [-0.39, 0.29) is 6.42 Å². The van der Waals surface area contributed by atoms with Gasteiger partial charge in [-0.2, -0.15) is 0 Å². The van der Waals surface area contributed by atoms with Crippen LogP contribution in [0.1, 0.15) is 41.0 Å². The fraction of sp³-hybridized carbons (Fsp3) is 0.727. The normalized spacial score (nSPS) is 14.6. The monoisotopic (exact) mass is 245 g/mol. The van der Waals surface area contributed by atoms with Gasteiger partial charge in [0.15, 0.2) is 11.3 Å². The van der Waals surface area contributed by atoms with Crippen LogP contribution in [0.15, 0.2) is 0 Å². The minimum absolute atomic E-state index is 0.0125. The predicted octanol–water partition coefficient (Wildman–Crippen LogP) is 1.33. The Morgan fingerprint density at radius 3 is 1.94 bits per heavy atom. The molecular weight excluding hydrogens is 226 g/mol. The van der Waals surface area contributed by atoms with Crippen LogP contribution in [0.4, 0.5) is 4.79 Å². The van der Waals surface area contributed by atoms with Crippen molar-refractivity contribution in [1.82, 2.24) is 5.32 Å². The zero-order valence-corrected chi connectivity index (χ0v) is 10.8. The van der Waals surface area contributed by atoms with E-state index in [0.717, 1.165) is 6.92 Å². The number of rotatable bonds is 4. The second-order valence-electron chi connectivity index (χ2n) is 4.83. The highest BCUT2D eigenvalue weighted by atomic mass is 16.6. The molecular formula is C11H19NO5. The summed E-state index contributed by atoms with van der Waals surface area (Å²) < 4.78 is 4.91. The number of carbonyl (C=O) groups is 3. The van der Waals surface area contributed by atoms with Gasteiger partial charge in [-0.1, -0.05) is 6.92 Å². The van der Waals surface area contributed by atoms with E-state index in [9.17, 15) is 14.4 Å². The third kappa shape index (κ3) is 4.42. The van der Waals surface area contributed by atoms with Crippen LogP contribution < -0.4 is 5.32 Å². The Kier molecular flexibility index (Phi) is 4.68. The number of carboxylic acids is 1. The third-order valence-electron chi connectivity index (χ3n) is 2.06. The molecule has 1 unspecified atom stereocenters. The Morgan fingerprint density at radius 1 is 1.18 bits per heavy atom. The first-order valence-electron chi connectivity index (χ1n) is 5.30. The van der Waals surface area contributed by atoms with Gasteiger partial charge >= 0.3 is 12.1 Å². The van der Waals surface area contributed by atoms with E-state index < -0.39 is 29.0 Å². The van der Waals surface area contributed by atoms with Crippen LogP contribution in [0.25, 0.3) is 0 Å². The second kappa shape index (κ2) is 5.16. The molecule has 0 spiro atoms. The Balaban J connectivity index is 4.85. The van der Waals surface area contributed by atoms with E-state index in [2.05, 4.69) is 5.32 Å². The van der Waals surface area contributed by atoms with E-state index in [1.807, 2.05) is 0 Å². The van der Waals surface area contributed by atoms with Gasteiger partial charge in [-0.3, -0.25) is 10.1 Å². The van der Waals surface area contributed by atoms with Crippen LogP contribution in [-0.4, -0.2) is 34.1 Å². The molecule has 98 valence electrons. The molecule has 6 heteroatoms. The summed E-state index contributed by atoms with van der Waals surface area (Å²) in [6.07, 6.45) is -0.914. The van der Waals surface area contributed by atoms with Crippen molar-refractivity contribution < 1.29 is 24.2 Å². The highest BCUT2D eigenvalue weighted by molar-refractivity contribution is 6.09. The Bertz CT molecular complexity index is 331. The quantitative estimate of drug-likeness (QED) is 0.729. The zero-order valence-electron chi connectivity index (χ0n) is 10.8. The molecule has 2 N–H and O–H groups in total. The van der Waals surface area contributed by atoms with Crippen LogP contribution >= 0.6 is 0 Å². The fourth-order valence-corrected chi connectivity index (χ4v) is 1.10. The van der Waals surface area contributed by atoms with Crippen molar-refractivity contribution >= 4 is 17.8 Å². The molecule has 0 saturated carbocycles. The van der Waals surface area contributed by atoms with Gasteiger partial charge in [-0.25, -0.2) is 9.59 Å². The van der Waals surface area contributed by atoms with Crippen molar-refractivity contribution in [3.8, 4) is 0 Å². The highest BCUT2D eigenvalue weighted by Gasteiger charge is 2.42. The number of ether oxygens (including phenoxy) is 1. The molecule has 0 fully saturated rings. The number of aliphatic carboxylic acids is 1. The summed E-state index contributed by atoms with van der Waals surface area (Å²) in [7, 11) is 0. The lowest BCUT2D eigenvalue weighted by Gasteiger charge is -2.27. The molecule has 17 heavy (non-hydrogen) atoms. The smallest absolute Gasteiger partial charge is 0.408 e. The van der Waals surface area contributed by atoms with E-state index in [0.29, 0.717) is 0 Å². The molecule has 0 radical (unpaired) electrons. The van der Waals surface area contributed by atoms with Crippen molar-refractivity contribution in [2.45, 2.75) is 52.2 Å². The van der Waals surface area contributed by atoms with Gasteiger partial charge in [0.05, 0.1) is 0 Å². The average Bonchev–Trinajstić information content (AvgIpc) is 2.12. The minimum Gasteiger partial charge on any atom is -0.479 e. The van der Waals surface area contributed by atoms with Gasteiger partial charge in [0.2, 0.25) is 0 Å². The highest BCUT2D eigenvalue weighted by Crippen LogP contribution is 2.12. The van der Waals surface area contributed by atoms with Gasteiger partial charge < -0.3 is 9.84 Å². The molecule has 1 amide bonds. The molecule has 0 aliphatic rings. The van der Waals surface area contributed by atoms with Crippen LogP contribution in [-0.2, 0) is 14.3 Å². The predicted molar refractivity (Wildman–Crippen MR) is 60.7 cm³/mol. The number of carbonyl (C=O) groups excluding carboxylic acids is 2. The molecule has 0 aromatic carbocycles. The minimum atomic E-state index is -1.95. The zero-order chi connectivity index (χ0) is 13.9. The molecule has 0 aliphatic carbocycles. The molecule has 0 heterocycles. The first kappa shape index (κ1) is 15.4. The number of alkyl carbamates (subject to hydrolysis) is 1. The number of nitrogens with one attached hydrogen (secondary N) is 1. The maximum absolute atomic E-state index is 11.5. The lowest BCUT2D eigenvalue weighted by molar-refractivity contribution is -0.149. The number of ketones is 1. The molecule has 0 aliphatic heterocycles. The molecule has 0 saturated heterocycles. The molecule has 0 rings (SSSR count). The van der Waals surface area contributed by atoms with Crippen molar-refractivity contribution in [3.05, 3.63) is 0 Å². The van der Waals surface area contributed by atoms with Crippen LogP contribution in [0.3, 0.4) is 0 Å². The molecule has 0 aromatic heterocycles. The van der Waals surface area contributed by atoms with Crippen molar-refractivity contribution in [3.63, 3.8) is 0 Å². The second-order valence-corrected chi connectivity index (χ2v) is 4.83. The molecule has 1 atom stereocenters. The van der Waals surface area contributed by atoms with Crippen LogP contribution in [0, 0.1) is 0 Å². The van der Waals surface area contributed by atoms with Crippen LogP contribution in [0.2, 0.25) is 0 Å². The van der Waals surface area contributed by atoms with Gasteiger partial charge in [0, 0.05) is 6.42 Å². The number of carboxylic acid groups (broad SMARTS) is 1. The summed E-state index contributed by atoms with van der Waals surface area (Å²) in [5, 5.41) is 11.1. The largest absolute Gasteiger partial charge is 0.479 e. The summed E-state index contributed by atoms with van der Waals surface area (Å²) in [4.78, 5) is 34.0. The lowest BCUT2D eigenvalue weighted by Crippen LogP contribution is -2.58. The standard InChI is InChI=1S/C11H19NO5/c1-6-7(13)11(5,8(14)15)12-9(16)17-10(2,3)4/h6H2,1-5H3,(H,12,16)(H,14,15). The van der Waals surface area contributed by atoms with Gasteiger partial charge in [0.1, 0.15) is 5.60 Å². The summed E-state index contributed by atoms with van der Waals surface area (Å²) in [5.74, 6) is -1.99. The van der Waals surface area contributed by atoms with E-state index in [1.54, 1.807) is 20.8 Å². The Morgan fingerprint density at radius 2 is 1.65 bits per heavy atom. The third-order valence-corrected chi connectivity index (χ3v) is 2.06. The SMILES string of the molecule is CCC(=O)C(C)(NC(=O)OC(C)(C)C)C(=O)O. The summed E-state index contributed by atoms with van der Waals surface area (Å²) >= 11 is 0. The van der Waals surface area contributed by atoms with Crippen LogP contribution in [0.5, 0.6) is 0 Å². The maximum atomic E-state index is 11.5. The number of hydrogen-bond acceptors (Lipinski definition) is 4. The van der Waals surface area contributed by atoms with E-state index in [1.165, 1.54) is 6.92 Å². The number of Topliss-reactive ketones (excluding diaryl/α,β-unsaturated/α-hetero) is 1. The Hall–Kier alpha value is -1.59. The van der Waals surface area contributed by atoms with Gasteiger partial charge in [0.25, 0.3) is 0 Å². The molecule has 0 bridgehead atoms. The van der Waals surface area contributed by atoms with E-state index in [4.69, 9.17) is 9.84 Å². The molecule has 6 nitrogen and oxygen atoms in total. The first-order chi connectivity index (χ1) is 7.53. The number of hydrogen-bond donors (Lipinski definition) is 2. The number of amides is 1. The van der Waals surface area contributed by atoms with Crippen molar-refractivity contribution in [2.24, 2.45) is 0 Å². The van der Waals surface area contributed by atoms with Crippen molar-refractivity contribution in [2.75, 3.05) is 0 Å². The lowest BCUT2D eigenvalue weighted by atomic mass is 9.95. The van der Waals surface area contributed by atoms with Gasteiger partial charge in [-0.15, -0.1) is 0 Å². The van der Waals surface area contributed by atoms with Crippen molar-refractivity contribution in [1.29, 1.82) is 0 Å². The maximum Gasteiger partial charge on any atom is 0.408 e. The molecule has 0 aromatic rings. The van der Waals surface area contributed by atoms with Gasteiger partial charge in [-0.05, 0) is 27.7 Å². The Labute approximate surface area is 100 Å². The summed E-state index contributed by atoms with van der Waals surface area (Å²) in [6.45, 7) is 7.61. The fourth-order valence-electron chi connectivity index (χ4n) is 1.10. The van der Waals surface area contributed by atoms with E-state index >= 15 is 0 Å². The summed E-state index contributed by atoms with van der Waals surface area (Å²) in [6, 6.07) is 0. The average molecular weight is 245 g/mol. The first-order valence-corrected chi connectivity index (χ1v) is 5.30. The topological polar surface area (TPSA) is 92.7 Å².